The van der Waals surface area contributed by atoms with Crippen LogP contribution in [0, 0.1) is 17.8 Å². The van der Waals surface area contributed by atoms with E-state index in [0.29, 0.717) is 5.92 Å². The van der Waals surface area contributed by atoms with Gasteiger partial charge in [0.05, 0.1) is 0 Å². The highest BCUT2D eigenvalue weighted by atomic mass is 15.1. The van der Waals surface area contributed by atoms with Gasteiger partial charge in [0.25, 0.3) is 0 Å². The van der Waals surface area contributed by atoms with Gasteiger partial charge in [0, 0.05) is 0 Å². The van der Waals surface area contributed by atoms with Crippen LogP contribution in [0.1, 0.15) is 53.9 Å². The topological polar surface area (TPSA) is 29.3 Å². The van der Waals surface area contributed by atoms with Gasteiger partial charge in [0.15, 0.2) is 0 Å². The van der Waals surface area contributed by atoms with Crippen LogP contribution >= 0.6 is 0 Å². The molecule has 17 heavy (non-hydrogen) atoms. The van der Waals surface area contributed by atoms with Crippen LogP contribution in [-0.4, -0.2) is 31.1 Å². The van der Waals surface area contributed by atoms with Crippen molar-refractivity contribution >= 4 is 0 Å². The lowest BCUT2D eigenvalue weighted by atomic mass is 10.1. The molecule has 0 aliphatic heterocycles. The summed E-state index contributed by atoms with van der Waals surface area (Å²) in [5.41, 5.74) is 5.68. The summed E-state index contributed by atoms with van der Waals surface area (Å²) in [6.45, 7) is 16.0. The molecular weight excluding hydrogens is 208 g/mol. The van der Waals surface area contributed by atoms with Gasteiger partial charge in [0.1, 0.15) is 0 Å². The lowest BCUT2D eigenvalue weighted by Gasteiger charge is -2.25. The molecule has 2 N–H and O–H groups in total. The van der Waals surface area contributed by atoms with Crippen LogP contribution < -0.4 is 5.73 Å². The number of hydrogen-bond donors (Lipinski definition) is 1. The van der Waals surface area contributed by atoms with Crippen molar-refractivity contribution in [1.29, 1.82) is 0 Å². The molecule has 0 amide bonds. The fourth-order valence-electron chi connectivity index (χ4n) is 1.74. The first-order chi connectivity index (χ1) is 7.95. The van der Waals surface area contributed by atoms with E-state index in [0.717, 1.165) is 18.4 Å². The summed E-state index contributed by atoms with van der Waals surface area (Å²) in [5, 5.41) is 0. The number of nitrogens with two attached hydrogens (primary N) is 1. The summed E-state index contributed by atoms with van der Waals surface area (Å²) in [4.78, 5) is 2.63. The monoisotopic (exact) mass is 242 g/mol. The van der Waals surface area contributed by atoms with E-state index >= 15 is 0 Å². The van der Waals surface area contributed by atoms with Crippen LogP contribution in [0.25, 0.3) is 0 Å². The largest absolute Gasteiger partial charge is 0.330 e. The van der Waals surface area contributed by atoms with E-state index in [9.17, 15) is 0 Å². The Bertz CT molecular complexity index is 154. The fourth-order valence-corrected chi connectivity index (χ4v) is 1.74. The summed E-state index contributed by atoms with van der Waals surface area (Å²) >= 11 is 0. The summed E-state index contributed by atoms with van der Waals surface area (Å²) < 4.78 is 0. The molecule has 0 aliphatic carbocycles. The third-order valence-corrected chi connectivity index (χ3v) is 3.39. The Labute approximate surface area is 109 Å². The molecule has 0 aromatic rings. The highest BCUT2D eigenvalue weighted by molar-refractivity contribution is 4.64. The zero-order valence-corrected chi connectivity index (χ0v) is 12.7. The standard InChI is InChI=1S/C15H34N2/c1-13(2)6-9-17(10-7-14(3)4)11-8-15(5)12-16/h13-15H,6-12,16H2,1-5H3. The molecule has 0 aromatic heterocycles. The molecule has 104 valence electrons. The second-order valence-electron chi connectivity index (χ2n) is 6.34. The average Bonchev–Trinajstić information content (AvgIpc) is 2.26. The molecule has 0 fully saturated rings. The van der Waals surface area contributed by atoms with E-state index in [1.807, 2.05) is 0 Å². The number of hydrogen-bond acceptors (Lipinski definition) is 2. The molecule has 1 unspecified atom stereocenters. The Balaban J connectivity index is 3.92. The molecule has 2 heteroatoms. The third kappa shape index (κ3) is 10.8. The molecule has 0 bridgehead atoms. The van der Waals surface area contributed by atoms with Gasteiger partial charge >= 0.3 is 0 Å². The van der Waals surface area contributed by atoms with Gasteiger partial charge in [0.2, 0.25) is 0 Å². The van der Waals surface area contributed by atoms with E-state index in [1.165, 1.54) is 38.9 Å². The Morgan fingerprint density at radius 1 is 0.765 bits per heavy atom. The average molecular weight is 242 g/mol. The molecule has 0 aromatic carbocycles. The third-order valence-electron chi connectivity index (χ3n) is 3.39. The van der Waals surface area contributed by atoms with Gasteiger partial charge in [-0.05, 0) is 63.2 Å². The quantitative estimate of drug-likeness (QED) is 0.636. The second-order valence-corrected chi connectivity index (χ2v) is 6.34. The van der Waals surface area contributed by atoms with Gasteiger partial charge in [-0.25, -0.2) is 0 Å². The molecule has 0 saturated heterocycles. The van der Waals surface area contributed by atoms with Crippen molar-refractivity contribution in [2.75, 3.05) is 26.2 Å². The zero-order chi connectivity index (χ0) is 13.3. The maximum Gasteiger partial charge on any atom is -0.00157 e. The Hall–Kier alpha value is -0.0800. The maximum atomic E-state index is 5.68. The lowest BCUT2D eigenvalue weighted by molar-refractivity contribution is 0.229. The lowest BCUT2D eigenvalue weighted by Crippen LogP contribution is -2.30. The molecule has 0 heterocycles. The van der Waals surface area contributed by atoms with Gasteiger partial charge < -0.3 is 10.6 Å². The van der Waals surface area contributed by atoms with E-state index < -0.39 is 0 Å². The molecule has 2 nitrogen and oxygen atoms in total. The highest BCUT2D eigenvalue weighted by Gasteiger charge is 2.09. The van der Waals surface area contributed by atoms with Crippen LogP contribution in [0.4, 0.5) is 0 Å². The first-order valence-electron chi connectivity index (χ1n) is 7.38. The fraction of sp³-hybridized carbons (Fsp3) is 1.00. The SMILES string of the molecule is CC(C)CCN(CCC(C)C)CCC(C)CN. The van der Waals surface area contributed by atoms with Crippen molar-refractivity contribution in [2.24, 2.45) is 23.5 Å². The summed E-state index contributed by atoms with van der Waals surface area (Å²) in [6.07, 6.45) is 3.87. The van der Waals surface area contributed by atoms with Crippen LogP contribution in [0.15, 0.2) is 0 Å². The minimum Gasteiger partial charge on any atom is -0.330 e. The molecular formula is C15H34N2. The highest BCUT2D eigenvalue weighted by Crippen LogP contribution is 2.09. The predicted molar refractivity (Wildman–Crippen MR) is 78.2 cm³/mol. The smallest absolute Gasteiger partial charge is 0.00157 e. The van der Waals surface area contributed by atoms with E-state index in [1.54, 1.807) is 0 Å². The molecule has 0 radical (unpaired) electrons. The summed E-state index contributed by atoms with van der Waals surface area (Å²) in [7, 11) is 0. The molecule has 0 rings (SSSR count). The minimum atomic E-state index is 0.663. The van der Waals surface area contributed by atoms with Crippen LogP contribution in [-0.2, 0) is 0 Å². The maximum absolute atomic E-state index is 5.68. The van der Waals surface area contributed by atoms with Gasteiger partial charge in [-0.1, -0.05) is 34.6 Å². The van der Waals surface area contributed by atoms with Crippen molar-refractivity contribution < 1.29 is 0 Å². The van der Waals surface area contributed by atoms with Crippen molar-refractivity contribution in [1.82, 2.24) is 4.90 Å². The first-order valence-corrected chi connectivity index (χ1v) is 7.38. The molecule has 1 atom stereocenters. The molecule has 0 spiro atoms. The van der Waals surface area contributed by atoms with E-state index in [2.05, 4.69) is 39.5 Å². The van der Waals surface area contributed by atoms with Crippen LogP contribution in [0.5, 0.6) is 0 Å². The normalized spacial score (nSPS) is 13.9. The Morgan fingerprint density at radius 3 is 1.53 bits per heavy atom. The summed E-state index contributed by atoms with van der Waals surface area (Å²) in [5.74, 6) is 2.28. The number of nitrogens with zero attached hydrogens (tertiary/aromatic N) is 1. The van der Waals surface area contributed by atoms with Crippen molar-refractivity contribution in [2.45, 2.75) is 53.9 Å². The molecule has 0 aliphatic rings. The molecule has 0 saturated carbocycles. The summed E-state index contributed by atoms with van der Waals surface area (Å²) in [6, 6.07) is 0. The second kappa shape index (κ2) is 9.90. The predicted octanol–water partition coefficient (Wildman–Crippen LogP) is 3.37. The first kappa shape index (κ1) is 16.9. The van der Waals surface area contributed by atoms with Crippen LogP contribution in [0.3, 0.4) is 0 Å². The van der Waals surface area contributed by atoms with Crippen LogP contribution in [0.2, 0.25) is 0 Å². The Morgan fingerprint density at radius 2 is 1.18 bits per heavy atom. The Kier molecular flexibility index (Phi) is 9.85. The van der Waals surface area contributed by atoms with E-state index in [-0.39, 0.29) is 0 Å². The van der Waals surface area contributed by atoms with Crippen molar-refractivity contribution in [3.63, 3.8) is 0 Å². The van der Waals surface area contributed by atoms with E-state index in [4.69, 9.17) is 5.73 Å². The van der Waals surface area contributed by atoms with Gasteiger partial charge in [-0.3, -0.25) is 0 Å². The zero-order valence-electron chi connectivity index (χ0n) is 12.7. The van der Waals surface area contributed by atoms with Gasteiger partial charge in [-0.2, -0.15) is 0 Å². The van der Waals surface area contributed by atoms with Crippen molar-refractivity contribution in [3.05, 3.63) is 0 Å². The number of rotatable bonds is 10. The minimum absolute atomic E-state index is 0.663. The van der Waals surface area contributed by atoms with Crippen molar-refractivity contribution in [3.8, 4) is 0 Å². The van der Waals surface area contributed by atoms with Gasteiger partial charge in [-0.15, -0.1) is 0 Å².